The topological polar surface area (TPSA) is 51.8 Å². The molecule has 1 atom stereocenters. The summed E-state index contributed by atoms with van der Waals surface area (Å²) in [6, 6.07) is 0. The van der Waals surface area contributed by atoms with Gasteiger partial charge in [0.25, 0.3) is 0 Å². The Morgan fingerprint density at radius 3 is 2.67 bits per heavy atom. The van der Waals surface area contributed by atoms with Gasteiger partial charge in [-0.25, -0.2) is 9.97 Å². The third-order valence-corrected chi connectivity index (χ3v) is 3.32. The van der Waals surface area contributed by atoms with Gasteiger partial charge in [0.05, 0.1) is 0 Å². The molecule has 1 aliphatic rings. The maximum absolute atomic E-state index is 12.3. The fourth-order valence-corrected chi connectivity index (χ4v) is 2.38. The number of hydrogen-bond donors (Lipinski definition) is 1. The molecule has 18 heavy (non-hydrogen) atoms. The van der Waals surface area contributed by atoms with E-state index in [-0.39, 0.29) is 5.82 Å². The minimum Gasteiger partial charge on any atom is -0.330 e. The lowest BCUT2D eigenvalue weighted by molar-refractivity contribution is -0.128. The van der Waals surface area contributed by atoms with Crippen molar-refractivity contribution in [3.63, 3.8) is 0 Å². The van der Waals surface area contributed by atoms with Crippen LogP contribution < -0.4 is 5.73 Å². The molecule has 0 radical (unpaired) electrons. The van der Waals surface area contributed by atoms with Crippen LogP contribution in [0.3, 0.4) is 0 Å². The molecule has 2 rings (SSSR count). The number of aryl methyl sites for hydroxylation is 2. The average Bonchev–Trinajstić information content (AvgIpc) is 2.26. The molecule has 3 nitrogen and oxygen atoms in total. The molecular weight excluding hydrogens is 243 g/mol. The third kappa shape index (κ3) is 2.98. The molecule has 1 heterocycles. The Labute approximate surface area is 104 Å². The van der Waals surface area contributed by atoms with Crippen LogP contribution in [-0.4, -0.2) is 22.7 Å². The molecule has 6 heteroatoms. The fraction of sp³-hybridized carbons (Fsp3) is 0.667. The Morgan fingerprint density at radius 2 is 2.06 bits per heavy atom. The summed E-state index contributed by atoms with van der Waals surface area (Å²) in [5.74, 6) is 0.276. The molecule has 0 bridgehead atoms. The van der Waals surface area contributed by atoms with Crippen molar-refractivity contribution in [3.05, 3.63) is 22.8 Å². The van der Waals surface area contributed by atoms with E-state index in [1.165, 1.54) is 0 Å². The second kappa shape index (κ2) is 4.84. The zero-order valence-electron chi connectivity index (χ0n) is 10.2. The molecule has 0 spiro atoms. The highest BCUT2D eigenvalue weighted by molar-refractivity contribution is 5.28. The van der Waals surface area contributed by atoms with Crippen molar-refractivity contribution in [1.29, 1.82) is 0 Å². The minimum atomic E-state index is -4.25. The molecule has 1 aliphatic carbocycles. The number of aromatic nitrogens is 2. The molecule has 2 N–H and O–H groups in total. The van der Waals surface area contributed by atoms with Crippen molar-refractivity contribution in [3.8, 4) is 0 Å². The van der Waals surface area contributed by atoms with Crippen LogP contribution >= 0.6 is 0 Å². The molecule has 0 saturated carbocycles. The first kappa shape index (κ1) is 13.3. The maximum atomic E-state index is 12.3. The quantitative estimate of drug-likeness (QED) is 0.883. The van der Waals surface area contributed by atoms with Crippen molar-refractivity contribution in [2.24, 2.45) is 11.7 Å². The van der Waals surface area contributed by atoms with Gasteiger partial charge in [-0.1, -0.05) is 0 Å². The summed E-state index contributed by atoms with van der Waals surface area (Å²) in [7, 11) is 0. The highest BCUT2D eigenvalue weighted by atomic mass is 19.4. The van der Waals surface area contributed by atoms with Crippen molar-refractivity contribution in [1.82, 2.24) is 9.97 Å². The molecule has 1 aromatic rings. The molecule has 100 valence electrons. The molecule has 0 saturated heterocycles. The van der Waals surface area contributed by atoms with Gasteiger partial charge in [-0.15, -0.1) is 0 Å². The van der Waals surface area contributed by atoms with Crippen molar-refractivity contribution in [2.45, 2.75) is 38.8 Å². The van der Waals surface area contributed by atoms with E-state index in [4.69, 9.17) is 5.73 Å². The molecule has 0 aliphatic heterocycles. The number of nitrogens with zero attached hydrogens (tertiary/aromatic N) is 2. The summed E-state index contributed by atoms with van der Waals surface area (Å²) in [5.41, 5.74) is 8.06. The largest absolute Gasteiger partial charge is 0.396 e. The number of fused-ring (bicyclic) bond motifs is 1. The predicted molar refractivity (Wildman–Crippen MR) is 61.1 cm³/mol. The third-order valence-electron chi connectivity index (χ3n) is 3.32. The Kier molecular flexibility index (Phi) is 3.56. The highest BCUT2D eigenvalue weighted by Crippen LogP contribution is 2.27. The van der Waals surface area contributed by atoms with E-state index in [9.17, 15) is 13.2 Å². The Bertz CT molecular complexity index is 443. The van der Waals surface area contributed by atoms with E-state index in [0.29, 0.717) is 24.6 Å². The Morgan fingerprint density at radius 1 is 1.33 bits per heavy atom. The number of rotatable bonds is 2. The molecule has 0 fully saturated rings. The van der Waals surface area contributed by atoms with Crippen LogP contribution in [0, 0.1) is 12.8 Å². The summed E-state index contributed by atoms with van der Waals surface area (Å²) in [5, 5.41) is 0. The number of nitrogens with two attached hydrogens (primary N) is 1. The molecular formula is C12H16F3N3. The van der Waals surface area contributed by atoms with Gasteiger partial charge in [0.2, 0.25) is 0 Å². The van der Waals surface area contributed by atoms with Crippen LogP contribution in [0.4, 0.5) is 13.2 Å². The lowest BCUT2D eigenvalue weighted by Gasteiger charge is -2.24. The van der Waals surface area contributed by atoms with Crippen LogP contribution in [0.25, 0.3) is 0 Å². The second-order valence-electron chi connectivity index (χ2n) is 4.79. The Balaban J connectivity index is 2.27. The number of alkyl halides is 3. The molecule has 0 amide bonds. The fourth-order valence-electron chi connectivity index (χ4n) is 2.38. The van der Waals surface area contributed by atoms with Crippen LogP contribution in [0.5, 0.6) is 0 Å². The monoisotopic (exact) mass is 259 g/mol. The van der Waals surface area contributed by atoms with E-state index in [1.54, 1.807) is 6.92 Å². The lowest BCUT2D eigenvalue weighted by atomic mass is 9.86. The lowest BCUT2D eigenvalue weighted by Crippen LogP contribution is -2.25. The van der Waals surface area contributed by atoms with Crippen LogP contribution in [0.15, 0.2) is 0 Å². The average molecular weight is 259 g/mol. The SMILES string of the molecule is Cc1nc(CC(F)(F)F)nc2c1CC(CN)CC2. The first-order valence-corrected chi connectivity index (χ1v) is 6.01. The molecule has 0 aromatic carbocycles. The summed E-state index contributed by atoms with van der Waals surface area (Å²) in [6.07, 6.45) is -2.93. The molecule has 1 aromatic heterocycles. The van der Waals surface area contributed by atoms with E-state index in [1.807, 2.05) is 0 Å². The second-order valence-corrected chi connectivity index (χ2v) is 4.79. The van der Waals surface area contributed by atoms with Gasteiger partial charge in [0.15, 0.2) is 0 Å². The smallest absolute Gasteiger partial charge is 0.330 e. The van der Waals surface area contributed by atoms with Gasteiger partial charge in [-0.05, 0) is 44.2 Å². The number of halogens is 3. The first-order chi connectivity index (χ1) is 8.39. The van der Waals surface area contributed by atoms with Crippen LogP contribution in [0.1, 0.15) is 29.2 Å². The summed E-state index contributed by atoms with van der Waals surface area (Å²) >= 11 is 0. The van der Waals surface area contributed by atoms with Gasteiger partial charge in [-0.2, -0.15) is 13.2 Å². The minimum absolute atomic E-state index is 0.120. The molecule has 1 unspecified atom stereocenters. The zero-order chi connectivity index (χ0) is 13.3. The summed E-state index contributed by atoms with van der Waals surface area (Å²) in [6.45, 7) is 2.35. The van der Waals surface area contributed by atoms with E-state index in [2.05, 4.69) is 9.97 Å². The van der Waals surface area contributed by atoms with Crippen LogP contribution in [-0.2, 0) is 19.3 Å². The van der Waals surface area contributed by atoms with Gasteiger partial charge in [0.1, 0.15) is 12.2 Å². The maximum Gasteiger partial charge on any atom is 0.396 e. The predicted octanol–water partition coefficient (Wildman–Crippen LogP) is 1.95. The first-order valence-electron chi connectivity index (χ1n) is 6.01. The van der Waals surface area contributed by atoms with Crippen molar-refractivity contribution < 1.29 is 13.2 Å². The summed E-state index contributed by atoms with van der Waals surface area (Å²) in [4.78, 5) is 8.02. The van der Waals surface area contributed by atoms with E-state index >= 15 is 0 Å². The van der Waals surface area contributed by atoms with Crippen molar-refractivity contribution in [2.75, 3.05) is 6.54 Å². The number of hydrogen-bond acceptors (Lipinski definition) is 3. The van der Waals surface area contributed by atoms with Gasteiger partial charge < -0.3 is 5.73 Å². The van der Waals surface area contributed by atoms with Gasteiger partial charge in [0, 0.05) is 11.4 Å². The standard InChI is InChI=1S/C12H16F3N3/c1-7-9-4-8(6-16)2-3-10(9)18-11(17-7)5-12(13,14)15/h8H,2-6,16H2,1H3. The van der Waals surface area contributed by atoms with Gasteiger partial charge >= 0.3 is 6.18 Å². The Hall–Kier alpha value is -1.17. The van der Waals surface area contributed by atoms with Gasteiger partial charge in [-0.3, -0.25) is 0 Å². The van der Waals surface area contributed by atoms with E-state index in [0.717, 1.165) is 24.1 Å². The van der Waals surface area contributed by atoms with Crippen molar-refractivity contribution >= 4 is 0 Å². The van der Waals surface area contributed by atoms with Crippen LogP contribution in [0.2, 0.25) is 0 Å². The normalized spacial score (nSPS) is 19.7. The summed E-state index contributed by atoms with van der Waals surface area (Å²) < 4.78 is 37.0. The highest BCUT2D eigenvalue weighted by Gasteiger charge is 2.30. The van der Waals surface area contributed by atoms with E-state index < -0.39 is 12.6 Å². The zero-order valence-corrected chi connectivity index (χ0v) is 10.2.